The number of likely N-dealkylation sites (tertiary alicyclic amines) is 1. The van der Waals surface area contributed by atoms with Gasteiger partial charge in [0.25, 0.3) is 5.56 Å². The minimum atomic E-state index is -0.172. The number of carbonyl (C=O) groups excluding carboxylic acids is 1. The quantitative estimate of drug-likeness (QED) is 0.904. The number of nitrogens with one attached hydrogen (secondary N) is 1. The van der Waals surface area contributed by atoms with Gasteiger partial charge in [-0.15, -0.1) is 0 Å². The van der Waals surface area contributed by atoms with Crippen LogP contribution < -0.4 is 5.56 Å². The molecule has 1 amide bonds. The number of pyridine rings is 1. The van der Waals surface area contributed by atoms with E-state index >= 15 is 0 Å². The zero-order valence-electron chi connectivity index (χ0n) is 14.6. The van der Waals surface area contributed by atoms with Crippen molar-refractivity contribution in [2.45, 2.75) is 25.2 Å². The number of amides is 1. The van der Waals surface area contributed by atoms with Gasteiger partial charge in [-0.05, 0) is 31.4 Å². The number of nitrogens with zero attached hydrogens (tertiary/aromatic N) is 3. The Morgan fingerprint density at radius 1 is 1.27 bits per heavy atom. The Morgan fingerprint density at radius 2 is 2.12 bits per heavy atom. The van der Waals surface area contributed by atoms with Crippen molar-refractivity contribution in [3.8, 4) is 11.3 Å². The molecule has 2 saturated heterocycles. The summed E-state index contributed by atoms with van der Waals surface area (Å²) in [7, 11) is 0. The molecule has 136 valence electrons. The number of aromatic nitrogens is 3. The average Bonchev–Trinajstić information content (AvgIpc) is 3.22. The van der Waals surface area contributed by atoms with E-state index in [9.17, 15) is 9.59 Å². The summed E-state index contributed by atoms with van der Waals surface area (Å²) < 4.78 is 5.35. The third kappa shape index (κ3) is 3.53. The molecule has 2 aliphatic heterocycles. The summed E-state index contributed by atoms with van der Waals surface area (Å²) in [6.07, 6.45) is 5.98. The van der Waals surface area contributed by atoms with E-state index in [-0.39, 0.29) is 23.3 Å². The lowest BCUT2D eigenvalue weighted by Crippen LogP contribution is -2.43. The number of ether oxygens (including phenoxy) is 1. The maximum atomic E-state index is 12.7. The van der Waals surface area contributed by atoms with Crippen LogP contribution in [0.1, 0.15) is 31.0 Å². The summed E-state index contributed by atoms with van der Waals surface area (Å²) >= 11 is 0. The van der Waals surface area contributed by atoms with Crippen molar-refractivity contribution in [3.05, 3.63) is 46.8 Å². The Kier molecular flexibility index (Phi) is 4.79. The molecule has 0 radical (unpaired) electrons. The van der Waals surface area contributed by atoms with E-state index < -0.39 is 0 Å². The highest BCUT2D eigenvalue weighted by atomic mass is 16.5. The fourth-order valence-corrected chi connectivity index (χ4v) is 3.73. The summed E-state index contributed by atoms with van der Waals surface area (Å²) in [6.45, 7) is 2.54. The van der Waals surface area contributed by atoms with Crippen LogP contribution in [0.4, 0.5) is 0 Å². The van der Waals surface area contributed by atoms with Crippen molar-refractivity contribution in [1.29, 1.82) is 0 Å². The molecule has 1 N–H and O–H groups in total. The highest BCUT2D eigenvalue weighted by molar-refractivity contribution is 5.79. The maximum Gasteiger partial charge on any atom is 0.251 e. The zero-order valence-corrected chi connectivity index (χ0v) is 14.6. The first-order valence-electron chi connectivity index (χ1n) is 9.09. The summed E-state index contributed by atoms with van der Waals surface area (Å²) in [5, 5.41) is 0. The first-order chi connectivity index (χ1) is 12.7. The lowest BCUT2D eigenvalue weighted by Gasteiger charge is -2.33. The number of piperidine rings is 1. The molecule has 2 atom stereocenters. The van der Waals surface area contributed by atoms with Gasteiger partial charge in [0, 0.05) is 49.6 Å². The van der Waals surface area contributed by atoms with Gasteiger partial charge in [0.05, 0.1) is 18.2 Å². The SMILES string of the molecule is O=C(C1CCOC1)N1CCCC(c2nc(-c3ccncc3)cc(=O)[nH]2)C1. The van der Waals surface area contributed by atoms with Crippen molar-refractivity contribution in [1.82, 2.24) is 19.9 Å². The molecule has 26 heavy (non-hydrogen) atoms. The average molecular weight is 354 g/mol. The molecule has 4 heterocycles. The van der Waals surface area contributed by atoms with E-state index in [4.69, 9.17) is 4.74 Å². The van der Waals surface area contributed by atoms with Gasteiger partial charge in [-0.3, -0.25) is 14.6 Å². The van der Waals surface area contributed by atoms with E-state index in [0.717, 1.165) is 31.4 Å². The van der Waals surface area contributed by atoms with Crippen LogP contribution >= 0.6 is 0 Å². The number of H-pyrrole nitrogens is 1. The van der Waals surface area contributed by atoms with Crippen LogP contribution in [-0.2, 0) is 9.53 Å². The van der Waals surface area contributed by atoms with Gasteiger partial charge in [0.15, 0.2) is 0 Å². The van der Waals surface area contributed by atoms with Crippen LogP contribution in [0.2, 0.25) is 0 Å². The van der Waals surface area contributed by atoms with Gasteiger partial charge in [-0.25, -0.2) is 4.98 Å². The molecule has 0 spiro atoms. The predicted molar refractivity (Wildman–Crippen MR) is 95.6 cm³/mol. The molecule has 2 unspecified atom stereocenters. The smallest absolute Gasteiger partial charge is 0.251 e. The van der Waals surface area contributed by atoms with Crippen molar-refractivity contribution in [3.63, 3.8) is 0 Å². The summed E-state index contributed by atoms with van der Waals surface area (Å²) in [5.41, 5.74) is 1.33. The Balaban J connectivity index is 1.56. The van der Waals surface area contributed by atoms with Crippen molar-refractivity contribution < 1.29 is 9.53 Å². The van der Waals surface area contributed by atoms with Gasteiger partial charge in [-0.2, -0.15) is 0 Å². The van der Waals surface area contributed by atoms with Crippen LogP contribution in [0.5, 0.6) is 0 Å². The highest BCUT2D eigenvalue weighted by Gasteiger charge is 2.32. The molecule has 0 aromatic carbocycles. The molecular formula is C19H22N4O3. The second-order valence-corrected chi connectivity index (χ2v) is 6.94. The van der Waals surface area contributed by atoms with Gasteiger partial charge in [0.1, 0.15) is 5.82 Å². The molecular weight excluding hydrogens is 332 g/mol. The molecule has 0 saturated carbocycles. The first-order valence-corrected chi connectivity index (χ1v) is 9.09. The lowest BCUT2D eigenvalue weighted by molar-refractivity contribution is -0.136. The first kappa shape index (κ1) is 16.9. The molecule has 7 nitrogen and oxygen atoms in total. The topological polar surface area (TPSA) is 88.2 Å². The molecule has 4 rings (SSSR count). The molecule has 0 bridgehead atoms. The van der Waals surface area contributed by atoms with Gasteiger partial charge >= 0.3 is 0 Å². The second kappa shape index (κ2) is 7.37. The normalized spacial score (nSPS) is 23.2. The van der Waals surface area contributed by atoms with Crippen molar-refractivity contribution in [2.75, 3.05) is 26.3 Å². The number of rotatable bonds is 3. The summed E-state index contributed by atoms with van der Waals surface area (Å²) in [6, 6.07) is 5.17. The Morgan fingerprint density at radius 3 is 2.88 bits per heavy atom. The van der Waals surface area contributed by atoms with Crippen molar-refractivity contribution >= 4 is 5.91 Å². The molecule has 2 fully saturated rings. The number of hydrogen-bond donors (Lipinski definition) is 1. The molecule has 0 aliphatic carbocycles. The van der Waals surface area contributed by atoms with E-state index in [1.165, 1.54) is 6.07 Å². The van der Waals surface area contributed by atoms with Crippen LogP contribution in [0, 0.1) is 5.92 Å². The van der Waals surface area contributed by atoms with Gasteiger partial charge in [-0.1, -0.05) is 0 Å². The maximum absolute atomic E-state index is 12.7. The van der Waals surface area contributed by atoms with E-state index in [0.29, 0.717) is 31.3 Å². The fourth-order valence-electron chi connectivity index (χ4n) is 3.73. The van der Waals surface area contributed by atoms with Crippen LogP contribution in [0.25, 0.3) is 11.3 Å². The third-order valence-corrected chi connectivity index (χ3v) is 5.13. The monoisotopic (exact) mass is 354 g/mol. The standard InChI is InChI=1S/C19H22N4O3/c24-17-10-16(13-3-6-20-7-4-13)21-18(22-17)14-2-1-8-23(11-14)19(25)15-5-9-26-12-15/h3-4,6-7,10,14-15H,1-2,5,8-9,11-12H2,(H,21,22,24). The third-order valence-electron chi connectivity index (χ3n) is 5.13. The van der Waals surface area contributed by atoms with E-state index in [1.807, 2.05) is 17.0 Å². The molecule has 2 aromatic heterocycles. The van der Waals surface area contributed by atoms with Gasteiger partial charge in [0.2, 0.25) is 5.91 Å². The Hall–Kier alpha value is -2.54. The number of hydrogen-bond acceptors (Lipinski definition) is 5. The molecule has 7 heteroatoms. The fraction of sp³-hybridized carbons (Fsp3) is 0.474. The summed E-state index contributed by atoms with van der Waals surface area (Å²) in [4.78, 5) is 38.3. The number of carbonyl (C=O) groups is 1. The molecule has 2 aliphatic rings. The van der Waals surface area contributed by atoms with Crippen molar-refractivity contribution in [2.24, 2.45) is 5.92 Å². The minimum absolute atomic E-state index is 0.0242. The summed E-state index contributed by atoms with van der Waals surface area (Å²) in [5.74, 6) is 0.845. The van der Waals surface area contributed by atoms with Crippen LogP contribution in [0.15, 0.2) is 35.4 Å². The van der Waals surface area contributed by atoms with Gasteiger partial charge < -0.3 is 14.6 Å². The predicted octanol–water partition coefficient (Wildman–Crippen LogP) is 1.57. The largest absolute Gasteiger partial charge is 0.381 e. The second-order valence-electron chi connectivity index (χ2n) is 6.94. The lowest BCUT2D eigenvalue weighted by atomic mass is 9.95. The Bertz CT molecular complexity index is 830. The Labute approximate surface area is 151 Å². The van der Waals surface area contributed by atoms with E-state index in [2.05, 4.69) is 15.0 Å². The number of aromatic amines is 1. The zero-order chi connectivity index (χ0) is 17.9. The highest BCUT2D eigenvalue weighted by Crippen LogP contribution is 2.27. The van der Waals surface area contributed by atoms with E-state index in [1.54, 1.807) is 12.4 Å². The van der Waals surface area contributed by atoms with Crippen LogP contribution in [-0.4, -0.2) is 52.1 Å². The minimum Gasteiger partial charge on any atom is -0.381 e. The molecule has 2 aromatic rings. The van der Waals surface area contributed by atoms with Crippen LogP contribution in [0.3, 0.4) is 0 Å².